The SMILES string of the molecule is CC(CN)N1CCN(c2nc3cc(F)ccc3s2)CC1. The lowest BCUT2D eigenvalue weighted by Crippen LogP contribution is -2.51. The van der Waals surface area contributed by atoms with Crippen molar-refractivity contribution in [3.63, 3.8) is 0 Å². The van der Waals surface area contributed by atoms with E-state index in [4.69, 9.17) is 5.73 Å². The van der Waals surface area contributed by atoms with Crippen LogP contribution in [0.4, 0.5) is 9.52 Å². The van der Waals surface area contributed by atoms with E-state index < -0.39 is 0 Å². The van der Waals surface area contributed by atoms with Crippen molar-refractivity contribution < 1.29 is 4.39 Å². The zero-order valence-electron chi connectivity index (χ0n) is 11.6. The number of aromatic nitrogens is 1. The van der Waals surface area contributed by atoms with Gasteiger partial charge in [-0.25, -0.2) is 9.37 Å². The molecule has 3 rings (SSSR count). The molecule has 6 heteroatoms. The van der Waals surface area contributed by atoms with Crippen LogP contribution in [-0.2, 0) is 0 Å². The molecule has 2 N–H and O–H groups in total. The summed E-state index contributed by atoms with van der Waals surface area (Å²) >= 11 is 1.63. The van der Waals surface area contributed by atoms with E-state index in [0.717, 1.165) is 41.5 Å². The third kappa shape index (κ3) is 2.63. The molecule has 1 saturated heterocycles. The average molecular weight is 294 g/mol. The number of piperazine rings is 1. The van der Waals surface area contributed by atoms with E-state index in [9.17, 15) is 4.39 Å². The maximum absolute atomic E-state index is 13.2. The summed E-state index contributed by atoms with van der Waals surface area (Å²) in [6, 6.07) is 5.23. The quantitative estimate of drug-likeness (QED) is 0.939. The maximum atomic E-state index is 13.2. The van der Waals surface area contributed by atoms with E-state index in [2.05, 4.69) is 21.7 Å². The van der Waals surface area contributed by atoms with E-state index in [0.29, 0.717) is 12.6 Å². The zero-order valence-corrected chi connectivity index (χ0v) is 12.4. The summed E-state index contributed by atoms with van der Waals surface area (Å²) in [7, 11) is 0. The Balaban J connectivity index is 1.73. The van der Waals surface area contributed by atoms with Crippen molar-refractivity contribution in [2.75, 3.05) is 37.6 Å². The van der Waals surface area contributed by atoms with Crippen molar-refractivity contribution in [1.29, 1.82) is 0 Å². The van der Waals surface area contributed by atoms with Gasteiger partial charge >= 0.3 is 0 Å². The molecule has 1 aromatic carbocycles. The number of hydrogen-bond acceptors (Lipinski definition) is 5. The van der Waals surface area contributed by atoms with Crippen LogP contribution in [0.25, 0.3) is 10.2 Å². The van der Waals surface area contributed by atoms with E-state index in [1.807, 2.05) is 0 Å². The Bertz CT molecular complexity index is 592. The van der Waals surface area contributed by atoms with Crippen LogP contribution in [0.15, 0.2) is 18.2 Å². The van der Waals surface area contributed by atoms with Crippen LogP contribution < -0.4 is 10.6 Å². The van der Waals surface area contributed by atoms with Gasteiger partial charge in [-0.1, -0.05) is 11.3 Å². The molecule has 0 radical (unpaired) electrons. The standard InChI is InChI=1S/C14H19FN4S/c1-10(9-16)18-4-6-19(7-5-18)14-17-12-8-11(15)2-3-13(12)20-14/h2-3,8,10H,4-7,9,16H2,1H3. The summed E-state index contributed by atoms with van der Waals surface area (Å²) in [5.41, 5.74) is 6.47. The molecule has 1 aromatic heterocycles. The lowest BCUT2D eigenvalue weighted by molar-refractivity contribution is 0.201. The molecule has 1 atom stereocenters. The number of nitrogens with two attached hydrogens (primary N) is 1. The van der Waals surface area contributed by atoms with Gasteiger partial charge in [0.2, 0.25) is 0 Å². The molecular weight excluding hydrogens is 275 g/mol. The van der Waals surface area contributed by atoms with Crippen LogP contribution in [0.1, 0.15) is 6.92 Å². The normalized spacial score (nSPS) is 18.6. The minimum absolute atomic E-state index is 0.226. The molecule has 0 amide bonds. The van der Waals surface area contributed by atoms with Gasteiger partial charge in [0.15, 0.2) is 5.13 Å². The van der Waals surface area contributed by atoms with Gasteiger partial charge in [-0.15, -0.1) is 0 Å². The molecule has 20 heavy (non-hydrogen) atoms. The highest BCUT2D eigenvalue weighted by atomic mass is 32.1. The Labute approximate surface area is 122 Å². The summed E-state index contributed by atoms with van der Waals surface area (Å²) in [4.78, 5) is 9.23. The van der Waals surface area contributed by atoms with Gasteiger partial charge in [0.1, 0.15) is 5.82 Å². The lowest BCUT2D eigenvalue weighted by Gasteiger charge is -2.37. The minimum Gasteiger partial charge on any atom is -0.345 e. The van der Waals surface area contributed by atoms with Crippen LogP contribution in [0.5, 0.6) is 0 Å². The largest absolute Gasteiger partial charge is 0.345 e. The number of fused-ring (bicyclic) bond motifs is 1. The number of benzene rings is 1. The van der Waals surface area contributed by atoms with Crippen LogP contribution in [0, 0.1) is 5.82 Å². The van der Waals surface area contributed by atoms with Crippen molar-refractivity contribution in [1.82, 2.24) is 9.88 Å². The van der Waals surface area contributed by atoms with Crippen molar-refractivity contribution >= 4 is 26.7 Å². The third-order valence-corrected chi connectivity index (χ3v) is 4.98. The zero-order chi connectivity index (χ0) is 14.1. The molecule has 2 aromatic rings. The number of nitrogens with zero attached hydrogens (tertiary/aromatic N) is 3. The summed E-state index contributed by atoms with van der Waals surface area (Å²) < 4.78 is 14.2. The Hall–Kier alpha value is -1.24. The van der Waals surface area contributed by atoms with Gasteiger partial charge in [-0.05, 0) is 19.1 Å². The van der Waals surface area contributed by atoms with Gasteiger partial charge in [0, 0.05) is 44.8 Å². The minimum atomic E-state index is -0.226. The highest BCUT2D eigenvalue weighted by Crippen LogP contribution is 2.29. The first-order valence-corrected chi connectivity index (χ1v) is 7.74. The van der Waals surface area contributed by atoms with Gasteiger partial charge < -0.3 is 10.6 Å². The van der Waals surface area contributed by atoms with Crippen molar-refractivity contribution in [2.24, 2.45) is 5.73 Å². The molecule has 108 valence electrons. The molecule has 0 saturated carbocycles. The van der Waals surface area contributed by atoms with Crippen LogP contribution in [-0.4, -0.2) is 48.6 Å². The number of thiazole rings is 1. The van der Waals surface area contributed by atoms with Crippen molar-refractivity contribution in [3.8, 4) is 0 Å². The first-order chi connectivity index (χ1) is 9.67. The monoisotopic (exact) mass is 294 g/mol. The Morgan fingerprint density at radius 3 is 2.80 bits per heavy atom. The van der Waals surface area contributed by atoms with Crippen molar-refractivity contribution in [2.45, 2.75) is 13.0 Å². The van der Waals surface area contributed by atoms with E-state index >= 15 is 0 Å². The third-order valence-electron chi connectivity index (χ3n) is 3.89. The number of halogens is 1. The van der Waals surface area contributed by atoms with Gasteiger partial charge in [-0.3, -0.25) is 4.90 Å². The molecule has 1 fully saturated rings. The van der Waals surface area contributed by atoms with Crippen molar-refractivity contribution in [3.05, 3.63) is 24.0 Å². The summed E-state index contributed by atoms with van der Waals surface area (Å²) in [6.45, 7) is 6.77. The summed E-state index contributed by atoms with van der Waals surface area (Å²) in [5.74, 6) is -0.226. The molecule has 1 aliphatic rings. The van der Waals surface area contributed by atoms with Gasteiger partial charge in [-0.2, -0.15) is 0 Å². The fourth-order valence-electron chi connectivity index (χ4n) is 2.53. The molecule has 1 aliphatic heterocycles. The fraction of sp³-hybridized carbons (Fsp3) is 0.500. The van der Waals surface area contributed by atoms with E-state index in [1.165, 1.54) is 12.1 Å². The second-order valence-electron chi connectivity index (χ2n) is 5.22. The molecule has 0 aliphatic carbocycles. The fourth-order valence-corrected chi connectivity index (χ4v) is 3.52. The summed E-state index contributed by atoms with van der Waals surface area (Å²) in [5, 5.41) is 0.991. The Morgan fingerprint density at radius 2 is 2.10 bits per heavy atom. The topological polar surface area (TPSA) is 45.4 Å². The molecule has 1 unspecified atom stereocenters. The Morgan fingerprint density at radius 1 is 1.35 bits per heavy atom. The number of hydrogen-bond donors (Lipinski definition) is 1. The van der Waals surface area contributed by atoms with Gasteiger partial charge in [0.05, 0.1) is 10.2 Å². The predicted octanol–water partition coefficient (Wildman–Crippen LogP) is 1.90. The predicted molar refractivity (Wildman–Crippen MR) is 81.9 cm³/mol. The second-order valence-corrected chi connectivity index (χ2v) is 6.23. The van der Waals surface area contributed by atoms with Crippen LogP contribution >= 0.6 is 11.3 Å². The molecular formula is C14H19FN4S. The second kappa shape index (κ2) is 5.63. The molecule has 4 nitrogen and oxygen atoms in total. The number of anilines is 1. The van der Waals surface area contributed by atoms with Crippen LogP contribution in [0.2, 0.25) is 0 Å². The highest BCUT2D eigenvalue weighted by Gasteiger charge is 2.22. The first-order valence-electron chi connectivity index (χ1n) is 6.92. The van der Waals surface area contributed by atoms with E-state index in [1.54, 1.807) is 17.4 Å². The van der Waals surface area contributed by atoms with Gasteiger partial charge in [0.25, 0.3) is 0 Å². The first kappa shape index (κ1) is 13.7. The average Bonchev–Trinajstić information content (AvgIpc) is 2.89. The molecule has 0 spiro atoms. The lowest BCUT2D eigenvalue weighted by atomic mass is 10.2. The summed E-state index contributed by atoms with van der Waals surface area (Å²) in [6.07, 6.45) is 0. The van der Waals surface area contributed by atoms with Crippen LogP contribution in [0.3, 0.4) is 0 Å². The number of rotatable bonds is 3. The van der Waals surface area contributed by atoms with E-state index in [-0.39, 0.29) is 5.82 Å². The maximum Gasteiger partial charge on any atom is 0.186 e. The Kier molecular flexibility index (Phi) is 3.87. The highest BCUT2D eigenvalue weighted by molar-refractivity contribution is 7.22. The molecule has 0 bridgehead atoms. The molecule has 2 heterocycles. The smallest absolute Gasteiger partial charge is 0.186 e.